The minimum Gasteiger partial charge on any atom is -0.375 e. The molecule has 0 saturated heterocycles. The zero-order chi connectivity index (χ0) is 25.5. The first kappa shape index (κ1) is 26.6. The summed E-state index contributed by atoms with van der Waals surface area (Å²) in [6.45, 7) is 8.55. The molecule has 196 valence electrons. The number of rotatable bonds is 8. The predicted octanol–water partition coefficient (Wildman–Crippen LogP) is 8.82. The molecular formula is C31H44N2O3. The van der Waals surface area contributed by atoms with Crippen molar-refractivity contribution in [1.82, 2.24) is 9.97 Å². The summed E-state index contributed by atoms with van der Waals surface area (Å²) in [7, 11) is 0. The van der Waals surface area contributed by atoms with E-state index in [1.54, 1.807) is 12.4 Å². The van der Waals surface area contributed by atoms with Crippen LogP contribution >= 0.6 is 0 Å². The van der Waals surface area contributed by atoms with Gasteiger partial charge >= 0.3 is 6.16 Å². The summed E-state index contributed by atoms with van der Waals surface area (Å²) in [5.74, 6) is 3.42. The van der Waals surface area contributed by atoms with Gasteiger partial charge in [-0.05, 0) is 112 Å². The molecule has 2 saturated carbocycles. The Hall–Kier alpha value is -2.43. The maximum atomic E-state index is 12.8. The Morgan fingerprint density at radius 2 is 1.11 bits per heavy atom. The van der Waals surface area contributed by atoms with Gasteiger partial charge in [0.05, 0.1) is 0 Å². The number of pyridine rings is 2. The van der Waals surface area contributed by atoms with Crippen LogP contribution < -0.4 is 9.47 Å². The molecule has 0 amide bonds. The van der Waals surface area contributed by atoms with E-state index in [2.05, 4.69) is 35.9 Å². The summed E-state index contributed by atoms with van der Waals surface area (Å²) >= 11 is 0. The molecule has 2 aliphatic carbocycles. The molecule has 0 aromatic carbocycles. The van der Waals surface area contributed by atoms with Crippen molar-refractivity contribution in [2.75, 3.05) is 0 Å². The Morgan fingerprint density at radius 3 is 1.47 bits per heavy atom. The van der Waals surface area contributed by atoms with Gasteiger partial charge in [-0.2, -0.15) is 0 Å². The van der Waals surface area contributed by atoms with E-state index < -0.39 is 6.16 Å². The minimum absolute atomic E-state index is 0.344. The molecule has 0 bridgehead atoms. The van der Waals surface area contributed by atoms with Gasteiger partial charge in [0.1, 0.15) is 0 Å². The molecule has 0 aliphatic heterocycles. The van der Waals surface area contributed by atoms with Crippen molar-refractivity contribution in [1.29, 1.82) is 0 Å². The zero-order valence-corrected chi connectivity index (χ0v) is 22.7. The van der Waals surface area contributed by atoms with Crippen molar-refractivity contribution < 1.29 is 14.3 Å². The molecule has 0 spiro atoms. The Morgan fingerprint density at radius 1 is 0.722 bits per heavy atom. The van der Waals surface area contributed by atoms with Crippen molar-refractivity contribution >= 4 is 6.16 Å². The van der Waals surface area contributed by atoms with Gasteiger partial charge in [0.15, 0.2) is 0 Å². The normalized spacial score (nSPS) is 24.3. The first-order valence-corrected chi connectivity index (χ1v) is 14.3. The fourth-order valence-electron chi connectivity index (χ4n) is 6.67. The van der Waals surface area contributed by atoms with Crippen LogP contribution in [-0.4, -0.2) is 16.1 Å². The fourth-order valence-corrected chi connectivity index (χ4v) is 6.67. The lowest BCUT2D eigenvalue weighted by Gasteiger charge is -2.29. The summed E-state index contributed by atoms with van der Waals surface area (Å²) in [5, 5.41) is 0. The lowest BCUT2D eigenvalue weighted by Crippen LogP contribution is -2.19. The highest BCUT2D eigenvalue weighted by Gasteiger charge is 2.26. The fraction of sp³-hybridized carbons (Fsp3) is 0.645. The molecule has 2 aromatic rings. The Labute approximate surface area is 217 Å². The number of hydrogen-bond donors (Lipinski definition) is 0. The molecule has 0 atom stereocenters. The van der Waals surface area contributed by atoms with Crippen LogP contribution in [-0.2, 0) is 0 Å². The third-order valence-corrected chi connectivity index (χ3v) is 8.73. The van der Waals surface area contributed by atoms with Crippen LogP contribution in [0.4, 0.5) is 4.79 Å². The van der Waals surface area contributed by atoms with Crippen LogP contribution in [0, 0.1) is 25.7 Å². The van der Waals surface area contributed by atoms with E-state index in [1.165, 1.54) is 88.2 Å². The SMILES string of the molecule is CCCC1CCC(c2ccnc(OC(=O)Oc3nccc(C4CCC(CCC)CC4)c3C)c2C)CC1. The van der Waals surface area contributed by atoms with Crippen molar-refractivity contribution in [3.05, 3.63) is 46.8 Å². The van der Waals surface area contributed by atoms with E-state index in [-0.39, 0.29) is 0 Å². The van der Waals surface area contributed by atoms with Gasteiger partial charge in [-0.25, -0.2) is 14.8 Å². The summed E-state index contributed by atoms with van der Waals surface area (Å²) in [5.41, 5.74) is 4.38. The van der Waals surface area contributed by atoms with E-state index in [1.807, 2.05) is 13.8 Å². The van der Waals surface area contributed by atoms with Gasteiger partial charge in [0, 0.05) is 23.5 Å². The first-order valence-electron chi connectivity index (χ1n) is 14.3. The van der Waals surface area contributed by atoms with Crippen LogP contribution in [0.15, 0.2) is 24.5 Å². The zero-order valence-electron chi connectivity index (χ0n) is 22.7. The summed E-state index contributed by atoms with van der Waals surface area (Å²) in [6.07, 6.45) is 17.8. The second kappa shape index (κ2) is 12.7. The molecular weight excluding hydrogens is 448 g/mol. The second-order valence-electron chi connectivity index (χ2n) is 11.1. The van der Waals surface area contributed by atoms with E-state index in [0.29, 0.717) is 23.6 Å². The van der Waals surface area contributed by atoms with Gasteiger partial charge in [-0.3, -0.25) is 0 Å². The van der Waals surface area contributed by atoms with E-state index in [9.17, 15) is 4.79 Å². The maximum Gasteiger partial charge on any atom is 0.522 e. The average Bonchev–Trinajstić information content (AvgIpc) is 2.88. The summed E-state index contributed by atoms with van der Waals surface area (Å²) in [4.78, 5) is 21.5. The number of hydrogen-bond acceptors (Lipinski definition) is 5. The van der Waals surface area contributed by atoms with Crippen molar-refractivity contribution in [2.24, 2.45) is 11.8 Å². The molecule has 0 N–H and O–H groups in total. The molecule has 4 rings (SSSR count). The summed E-state index contributed by atoms with van der Waals surface area (Å²) in [6, 6.07) is 4.17. The highest BCUT2D eigenvalue weighted by atomic mass is 16.7. The molecule has 0 unspecified atom stereocenters. The molecule has 2 fully saturated rings. The third kappa shape index (κ3) is 6.46. The maximum absolute atomic E-state index is 12.8. The number of ether oxygens (including phenoxy) is 2. The standard InChI is InChI=1S/C31H44N2O3/c1-5-7-23-9-13-25(14-10-23)27-17-19-32-29(21(27)3)35-31(34)36-30-22(4)28(18-20-33-30)26-15-11-24(8-6-2)12-16-26/h17-20,23-26H,5-16H2,1-4H3. The molecule has 5 heteroatoms. The monoisotopic (exact) mass is 492 g/mol. The van der Waals surface area contributed by atoms with Crippen molar-refractivity contribution in [2.45, 2.75) is 117 Å². The quantitative estimate of drug-likeness (QED) is 0.344. The van der Waals surface area contributed by atoms with Crippen LogP contribution in [0.1, 0.15) is 125 Å². The Balaban J connectivity index is 1.38. The smallest absolute Gasteiger partial charge is 0.375 e. The highest BCUT2D eigenvalue weighted by molar-refractivity contribution is 5.67. The topological polar surface area (TPSA) is 61.3 Å². The lowest BCUT2D eigenvalue weighted by atomic mass is 9.76. The summed E-state index contributed by atoms with van der Waals surface area (Å²) < 4.78 is 11.2. The second-order valence-corrected chi connectivity index (χ2v) is 11.1. The Bertz CT molecular complexity index is 925. The number of carbonyl (C=O) groups is 1. The number of aromatic nitrogens is 2. The average molecular weight is 493 g/mol. The molecule has 36 heavy (non-hydrogen) atoms. The third-order valence-electron chi connectivity index (χ3n) is 8.73. The minimum atomic E-state index is -0.770. The van der Waals surface area contributed by atoms with Gasteiger partial charge in [-0.1, -0.05) is 39.5 Å². The highest BCUT2D eigenvalue weighted by Crippen LogP contribution is 2.41. The van der Waals surface area contributed by atoms with Crippen LogP contribution in [0.5, 0.6) is 11.8 Å². The first-order chi connectivity index (χ1) is 17.5. The van der Waals surface area contributed by atoms with Crippen LogP contribution in [0.25, 0.3) is 0 Å². The van der Waals surface area contributed by atoms with Gasteiger partial charge < -0.3 is 9.47 Å². The number of nitrogens with zero attached hydrogens (tertiary/aromatic N) is 2. The van der Waals surface area contributed by atoms with Gasteiger partial charge in [0.2, 0.25) is 11.8 Å². The molecule has 2 heterocycles. The number of carbonyl (C=O) groups excluding carboxylic acids is 1. The van der Waals surface area contributed by atoms with Crippen LogP contribution in [0.3, 0.4) is 0 Å². The predicted molar refractivity (Wildman–Crippen MR) is 144 cm³/mol. The van der Waals surface area contributed by atoms with E-state index in [4.69, 9.17) is 9.47 Å². The van der Waals surface area contributed by atoms with E-state index >= 15 is 0 Å². The van der Waals surface area contributed by atoms with Gasteiger partial charge in [0.25, 0.3) is 0 Å². The van der Waals surface area contributed by atoms with Crippen LogP contribution in [0.2, 0.25) is 0 Å². The largest absolute Gasteiger partial charge is 0.522 e. The Kier molecular flexibility index (Phi) is 9.39. The molecule has 2 aromatic heterocycles. The van der Waals surface area contributed by atoms with Crippen molar-refractivity contribution in [3.8, 4) is 11.8 Å². The molecule has 5 nitrogen and oxygen atoms in total. The molecule has 2 aliphatic rings. The van der Waals surface area contributed by atoms with Gasteiger partial charge in [-0.15, -0.1) is 0 Å². The van der Waals surface area contributed by atoms with Crippen molar-refractivity contribution in [3.63, 3.8) is 0 Å². The lowest BCUT2D eigenvalue weighted by molar-refractivity contribution is 0.147. The molecule has 0 radical (unpaired) electrons. The van der Waals surface area contributed by atoms with E-state index in [0.717, 1.165) is 23.0 Å².